The van der Waals surface area contributed by atoms with E-state index in [-0.39, 0.29) is 5.78 Å². The van der Waals surface area contributed by atoms with Crippen LogP contribution < -0.4 is 0 Å². The zero-order valence-electron chi connectivity index (χ0n) is 7.87. The summed E-state index contributed by atoms with van der Waals surface area (Å²) < 4.78 is 1.72. The Morgan fingerprint density at radius 2 is 2.46 bits per heavy atom. The van der Waals surface area contributed by atoms with Crippen LogP contribution in [0, 0.1) is 11.8 Å². The van der Waals surface area contributed by atoms with Gasteiger partial charge in [-0.3, -0.25) is 4.79 Å². The molecule has 13 heavy (non-hydrogen) atoms. The molecule has 0 amide bonds. The number of Topliss-reactive ketones (excluding diaryl/α,β-unsaturated/α-hetero) is 1. The van der Waals surface area contributed by atoms with E-state index < -0.39 is 0 Å². The van der Waals surface area contributed by atoms with Gasteiger partial charge >= 0.3 is 0 Å². The zero-order chi connectivity index (χ0) is 9.68. The fourth-order valence-corrected chi connectivity index (χ4v) is 1.05. The number of nitrogens with zero attached hydrogens (tertiary/aromatic N) is 2. The molecule has 3 nitrogen and oxygen atoms in total. The predicted molar refractivity (Wildman–Crippen MR) is 50.2 cm³/mol. The first kappa shape index (κ1) is 9.53. The molecule has 1 rings (SSSR count). The van der Waals surface area contributed by atoms with Gasteiger partial charge in [0.1, 0.15) is 0 Å². The average molecular weight is 176 g/mol. The highest BCUT2D eigenvalue weighted by Gasteiger charge is 2.08. The van der Waals surface area contributed by atoms with Gasteiger partial charge in [0.05, 0.1) is 0 Å². The Balaban J connectivity index is 2.57. The van der Waals surface area contributed by atoms with E-state index in [1.807, 2.05) is 7.05 Å². The van der Waals surface area contributed by atoms with Gasteiger partial charge in [0.15, 0.2) is 11.6 Å². The molecule has 0 aliphatic rings. The predicted octanol–water partition coefficient (Wildman–Crippen LogP) is 1.41. The van der Waals surface area contributed by atoms with Gasteiger partial charge in [-0.15, -0.1) is 11.8 Å². The minimum atomic E-state index is 0.0512. The minimum Gasteiger partial charge on any atom is -0.332 e. The fraction of sp³-hybridized carbons (Fsp3) is 0.400. The molecule has 0 saturated heterocycles. The Morgan fingerprint density at radius 1 is 1.69 bits per heavy atom. The highest BCUT2D eigenvalue weighted by Crippen LogP contribution is 2.01. The molecule has 0 N–H and O–H groups in total. The Bertz CT molecular complexity index is 354. The van der Waals surface area contributed by atoms with Crippen LogP contribution in [0.5, 0.6) is 0 Å². The zero-order valence-corrected chi connectivity index (χ0v) is 7.87. The summed E-state index contributed by atoms with van der Waals surface area (Å²) in [6.07, 6.45) is 4.45. The van der Waals surface area contributed by atoms with Crippen molar-refractivity contribution in [2.75, 3.05) is 0 Å². The van der Waals surface area contributed by atoms with Crippen molar-refractivity contribution >= 4 is 5.78 Å². The van der Waals surface area contributed by atoms with E-state index in [1.165, 1.54) is 0 Å². The van der Waals surface area contributed by atoms with Gasteiger partial charge in [0.2, 0.25) is 0 Å². The maximum atomic E-state index is 11.5. The van der Waals surface area contributed by atoms with Gasteiger partial charge in [-0.1, -0.05) is 0 Å². The lowest BCUT2D eigenvalue weighted by Gasteiger charge is -1.97. The van der Waals surface area contributed by atoms with Crippen LogP contribution in [0.4, 0.5) is 0 Å². The molecule has 0 aliphatic carbocycles. The summed E-state index contributed by atoms with van der Waals surface area (Å²) in [5.41, 5.74) is 0. The van der Waals surface area contributed by atoms with Crippen molar-refractivity contribution in [3.05, 3.63) is 18.2 Å². The fourth-order valence-electron chi connectivity index (χ4n) is 1.05. The van der Waals surface area contributed by atoms with E-state index in [0.29, 0.717) is 18.7 Å². The molecule has 0 radical (unpaired) electrons. The van der Waals surface area contributed by atoms with Crippen LogP contribution in [0.3, 0.4) is 0 Å². The van der Waals surface area contributed by atoms with Gasteiger partial charge in [0, 0.05) is 32.3 Å². The number of aryl methyl sites for hydroxylation is 1. The Kier molecular flexibility index (Phi) is 3.27. The Morgan fingerprint density at radius 3 is 3.00 bits per heavy atom. The third-order valence-electron chi connectivity index (χ3n) is 1.72. The van der Waals surface area contributed by atoms with Crippen LogP contribution in [-0.4, -0.2) is 15.3 Å². The van der Waals surface area contributed by atoms with Crippen LogP contribution in [0.2, 0.25) is 0 Å². The molecule has 1 heterocycles. The van der Waals surface area contributed by atoms with Gasteiger partial charge in [-0.25, -0.2) is 4.98 Å². The number of aromatic nitrogens is 2. The van der Waals surface area contributed by atoms with Crippen molar-refractivity contribution in [1.82, 2.24) is 9.55 Å². The summed E-state index contributed by atoms with van der Waals surface area (Å²) in [6.45, 7) is 1.77. The lowest BCUT2D eigenvalue weighted by Crippen LogP contribution is -2.06. The average Bonchev–Trinajstić information content (AvgIpc) is 2.52. The summed E-state index contributed by atoms with van der Waals surface area (Å²) in [7, 11) is 1.81. The van der Waals surface area contributed by atoms with E-state index in [4.69, 9.17) is 0 Å². The summed E-state index contributed by atoms with van der Waals surface area (Å²) in [5.74, 6) is 6.17. The molecule has 0 bridgehead atoms. The third kappa shape index (κ3) is 2.45. The Labute approximate surface area is 77.8 Å². The van der Waals surface area contributed by atoms with Crippen LogP contribution in [0.15, 0.2) is 12.4 Å². The largest absolute Gasteiger partial charge is 0.332 e. The maximum Gasteiger partial charge on any atom is 0.199 e. The van der Waals surface area contributed by atoms with Gasteiger partial charge in [-0.05, 0) is 6.92 Å². The van der Waals surface area contributed by atoms with Crippen molar-refractivity contribution in [3.8, 4) is 11.8 Å². The van der Waals surface area contributed by atoms with Crippen LogP contribution in [0.1, 0.15) is 30.4 Å². The molecule has 0 aromatic carbocycles. The molecule has 0 atom stereocenters. The topological polar surface area (TPSA) is 34.9 Å². The number of rotatable bonds is 3. The minimum absolute atomic E-state index is 0.0512. The summed E-state index contributed by atoms with van der Waals surface area (Å²) in [4.78, 5) is 15.4. The SMILES string of the molecule is CC#CCCC(=O)c1nccn1C. The molecule has 0 fully saturated rings. The van der Waals surface area contributed by atoms with Gasteiger partial charge in [-0.2, -0.15) is 0 Å². The molecule has 0 aliphatic heterocycles. The van der Waals surface area contributed by atoms with E-state index >= 15 is 0 Å². The normalized spacial score (nSPS) is 9.08. The molecular weight excluding hydrogens is 164 g/mol. The van der Waals surface area contributed by atoms with Gasteiger partial charge in [0.25, 0.3) is 0 Å². The molecule has 0 spiro atoms. The number of hydrogen-bond donors (Lipinski definition) is 0. The lowest BCUT2D eigenvalue weighted by atomic mass is 10.2. The van der Waals surface area contributed by atoms with Gasteiger partial charge < -0.3 is 4.57 Å². The summed E-state index contributed by atoms with van der Waals surface area (Å²) in [5, 5.41) is 0. The second-order valence-electron chi connectivity index (χ2n) is 2.71. The monoisotopic (exact) mass is 176 g/mol. The van der Waals surface area contributed by atoms with Crippen molar-refractivity contribution in [3.63, 3.8) is 0 Å². The van der Waals surface area contributed by atoms with Crippen LogP contribution >= 0.6 is 0 Å². The quantitative estimate of drug-likeness (QED) is 0.515. The molecular formula is C10H12N2O. The van der Waals surface area contributed by atoms with Crippen molar-refractivity contribution in [1.29, 1.82) is 0 Å². The number of carbonyl (C=O) groups excluding carboxylic acids is 1. The molecule has 1 aromatic heterocycles. The number of carbonyl (C=O) groups is 1. The summed E-state index contributed by atoms with van der Waals surface area (Å²) in [6, 6.07) is 0. The molecule has 3 heteroatoms. The lowest BCUT2D eigenvalue weighted by molar-refractivity contribution is 0.0971. The van der Waals surface area contributed by atoms with Crippen molar-refractivity contribution in [2.24, 2.45) is 7.05 Å². The number of hydrogen-bond acceptors (Lipinski definition) is 2. The van der Waals surface area contributed by atoms with Crippen molar-refractivity contribution < 1.29 is 4.79 Å². The standard InChI is InChI=1S/C10H12N2O/c1-3-4-5-6-9(13)10-11-7-8-12(10)2/h7-8H,5-6H2,1-2H3. The Hall–Kier alpha value is -1.56. The molecule has 0 unspecified atom stereocenters. The second kappa shape index (κ2) is 4.46. The van der Waals surface area contributed by atoms with Crippen molar-refractivity contribution in [2.45, 2.75) is 19.8 Å². The van der Waals surface area contributed by atoms with Crippen LogP contribution in [0.25, 0.3) is 0 Å². The van der Waals surface area contributed by atoms with E-state index in [1.54, 1.807) is 23.9 Å². The van der Waals surface area contributed by atoms with E-state index in [2.05, 4.69) is 16.8 Å². The first-order chi connectivity index (χ1) is 6.25. The number of ketones is 1. The first-order valence-corrected chi connectivity index (χ1v) is 4.16. The highest BCUT2D eigenvalue weighted by atomic mass is 16.1. The number of imidazole rings is 1. The first-order valence-electron chi connectivity index (χ1n) is 4.16. The maximum absolute atomic E-state index is 11.5. The highest BCUT2D eigenvalue weighted by molar-refractivity contribution is 5.92. The second-order valence-corrected chi connectivity index (χ2v) is 2.71. The van der Waals surface area contributed by atoms with Crippen LogP contribution in [-0.2, 0) is 7.05 Å². The molecule has 0 saturated carbocycles. The molecule has 68 valence electrons. The van der Waals surface area contributed by atoms with E-state index in [0.717, 1.165) is 0 Å². The summed E-state index contributed by atoms with van der Waals surface area (Å²) >= 11 is 0. The third-order valence-corrected chi connectivity index (χ3v) is 1.72. The van der Waals surface area contributed by atoms with E-state index in [9.17, 15) is 4.79 Å². The smallest absolute Gasteiger partial charge is 0.199 e. The molecule has 1 aromatic rings.